The maximum absolute atomic E-state index is 12.8. The van der Waals surface area contributed by atoms with E-state index in [2.05, 4.69) is 14.5 Å². The number of hydrogen-bond donors (Lipinski definition) is 0. The molecule has 0 amide bonds. The number of aryl methyl sites for hydroxylation is 2. The zero-order valence-electron chi connectivity index (χ0n) is 14.5. The van der Waals surface area contributed by atoms with E-state index in [9.17, 15) is 13.2 Å². The number of likely N-dealkylation sites (tertiary alicyclic amines) is 1. The molecule has 0 N–H and O–H groups in total. The van der Waals surface area contributed by atoms with E-state index >= 15 is 0 Å². The molecule has 0 radical (unpaired) electrons. The first-order chi connectivity index (χ1) is 11.9. The fraction of sp³-hybridized carbons (Fsp3) is 0.526. The molecule has 136 valence electrons. The van der Waals surface area contributed by atoms with Gasteiger partial charge in [0, 0.05) is 25.5 Å². The zero-order chi connectivity index (χ0) is 17.9. The van der Waals surface area contributed by atoms with E-state index < -0.39 is 11.7 Å². The molecular weight excluding hydrogens is 327 g/mol. The highest BCUT2D eigenvalue weighted by Crippen LogP contribution is 2.30. The van der Waals surface area contributed by atoms with E-state index in [1.165, 1.54) is 12.1 Å². The molecule has 1 aliphatic rings. The number of rotatable bonds is 5. The van der Waals surface area contributed by atoms with Gasteiger partial charge in [-0.2, -0.15) is 13.2 Å². The minimum atomic E-state index is -4.27. The van der Waals surface area contributed by atoms with Gasteiger partial charge in [0.2, 0.25) is 0 Å². The van der Waals surface area contributed by atoms with Gasteiger partial charge in [-0.25, -0.2) is 4.98 Å². The monoisotopic (exact) mass is 351 g/mol. The van der Waals surface area contributed by atoms with Crippen LogP contribution in [0.1, 0.15) is 36.2 Å². The summed E-state index contributed by atoms with van der Waals surface area (Å²) in [5, 5.41) is 0. The number of nitrogens with zero attached hydrogens (tertiary/aromatic N) is 3. The van der Waals surface area contributed by atoms with Gasteiger partial charge in [-0.3, -0.25) is 4.90 Å². The lowest BCUT2D eigenvalue weighted by Crippen LogP contribution is -2.33. The highest BCUT2D eigenvalue weighted by atomic mass is 19.4. The van der Waals surface area contributed by atoms with Gasteiger partial charge in [-0.15, -0.1) is 0 Å². The second-order valence-electron chi connectivity index (χ2n) is 6.87. The van der Waals surface area contributed by atoms with Gasteiger partial charge in [0.1, 0.15) is 5.82 Å². The average Bonchev–Trinajstić information content (AvgIpc) is 2.99. The Balaban J connectivity index is 1.47. The summed E-state index contributed by atoms with van der Waals surface area (Å²) in [7, 11) is 0. The molecular formula is C19H24F3N3. The van der Waals surface area contributed by atoms with Crippen molar-refractivity contribution in [1.82, 2.24) is 14.5 Å². The molecule has 0 bridgehead atoms. The number of alkyl halides is 3. The minimum Gasteiger partial charge on any atom is -0.335 e. The van der Waals surface area contributed by atoms with E-state index in [0.717, 1.165) is 56.4 Å². The Morgan fingerprint density at radius 1 is 1.20 bits per heavy atom. The molecule has 0 aliphatic carbocycles. The van der Waals surface area contributed by atoms with Crippen LogP contribution >= 0.6 is 0 Å². The average molecular weight is 351 g/mol. The molecule has 2 heterocycles. The second kappa shape index (κ2) is 7.60. The Hall–Kier alpha value is -1.82. The van der Waals surface area contributed by atoms with Crippen molar-refractivity contribution < 1.29 is 13.2 Å². The Kier molecular flexibility index (Phi) is 5.47. The van der Waals surface area contributed by atoms with Crippen LogP contribution in [0.15, 0.2) is 36.7 Å². The van der Waals surface area contributed by atoms with Crippen molar-refractivity contribution in [3.05, 3.63) is 53.6 Å². The normalized spacial score (nSPS) is 17.1. The van der Waals surface area contributed by atoms with E-state index in [0.29, 0.717) is 12.5 Å². The molecule has 1 aromatic heterocycles. The summed E-state index contributed by atoms with van der Waals surface area (Å²) in [6, 6.07) is 5.68. The topological polar surface area (TPSA) is 21.1 Å². The molecule has 25 heavy (non-hydrogen) atoms. The first kappa shape index (κ1) is 18.0. The minimum absolute atomic E-state index is 0.560. The molecule has 2 aromatic rings. The summed E-state index contributed by atoms with van der Waals surface area (Å²) in [5.41, 5.74) is 0.179. The van der Waals surface area contributed by atoms with Gasteiger partial charge in [-0.1, -0.05) is 18.2 Å². The van der Waals surface area contributed by atoms with Gasteiger partial charge in [0.05, 0.1) is 5.56 Å². The van der Waals surface area contributed by atoms with Crippen molar-refractivity contribution in [2.45, 2.75) is 45.5 Å². The SMILES string of the molecule is Cc1nccn1CCC1CCN(Cc2cccc(C(F)(F)F)c2)CC1. The largest absolute Gasteiger partial charge is 0.416 e. The van der Waals surface area contributed by atoms with Crippen molar-refractivity contribution in [2.24, 2.45) is 5.92 Å². The van der Waals surface area contributed by atoms with Crippen molar-refractivity contribution in [2.75, 3.05) is 13.1 Å². The van der Waals surface area contributed by atoms with Gasteiger partial charge < -0.3 is 4.57 Å². The quantitative estimate of drug-likeness (QED) is 0.790. The molecule has 1 saturated heterocycles. The van der Waals surface area contributed by atoms with E-state index in [1.54, 1.807) is 6.07 Å². The highest BCUT2D eigenvalue weighted by Gasteiger charge is 2.30. The lowest BCUT2D eigenvalue weighted by molar-refractivity contribution is -0.137. The number of piperidine rings is 1. The van der Waals surface area contributed by atoms with Gasteiger partial charge in [-0.05, 0) is 56.8 Å². The summed E-state index contributed by atoms with van der Waals surface area (Å²) in [5.74, 6) is 1.72. The Morgan fingerprint density at radius 2 is 1.96 bits per heavy atom. The Labute approximate surface area is 146 Å². The smallest absolute Gasteiger partial charge is 0.335 e. The lowest BCUT2D eigenvalue weighted by atomic mass is 9.93. The Morgan fingerprint density at radius 3 is 2.60 bits per heavy atom. The number of aromatic nitrogens is 2. The Bertz CT molecular complexity index is 685. The molecule has 0 spiro atoms. The van der Waals surface area contributed by atoms with Gasteiger partial charge in [0.25, 0.3) is 0 Å². The van der Waals surface area contributed by atoms with Crippen LogP contribution in [0.4, 0.5) is 13.2 Å². The van der Waals surface area contributed by atoms with Crippen LogP contribution in [0.2, 0.25) is 0 Å². The molecule has 1 fully saturated rings. The summed E-state index contributed by atoms with van der Waals surface area (Å²) in [6.07, 6.45) is 2.91. The van der Waals surface area contributed by atoms with E-state index in [1.807, 2.05) is 19.3 Å². The fourth-order valence-corrected chi connectivity index (χ4v) is 3.50. The molecule has 3 nitrogen and oxygen atoms in total. The standard InChI is InChI=1S/C19H24F3N3/c1-15-23-8-12-25(15)11-7-16-5-9-24(10-6-16)14-17-3-2-4-18(13-17)19(20,21)22/h2-4,8,12-13,16H,5-7,9-11,14H2,1H3. The maximum atomic E-state index is 12.8. The number of imidazole rings is 1. The van der Waals surface area contributed by atoms with Crippen LogP contribution in [0, 0.1) is 12.8 Å². The number of benzene rings is 1. The van der Waals surface area contributed by atoms with Crippen LogP contribution in [0.5, 0.6) is 0 Å². The number of hydrogen-bond acceptors (Lipinski definition) is 2. The van der Waals surface area contributed by atoms with Gasteiger partial charge in [0.15, 0.2) is 0 Å². The maximum Gasteiger partial charge on any atom is 0.416 e. The van der Waals surface area contributed by atoms with Crippen molar-refractivity contribution in [3.8, 4) is 0 Å². The molecule has 1 aromatic carbocycles. The van der Waals surface area contributed by atoms with Crippen LogP contribution in [0.3, 0.4) is 0 Å². The summed E-state index contributed by atoms with van der Waals surface area (Å²) in [4.78, 5) is 6.50. The van der Waals surface area contributed by atoms with Gasteiger partial charge >= 0.3 is 6.18 Å². The molecule has 1 aliphatic heterocycles. The van der Waals surface area contributed by atoms with Crippen LogP contribution < -0.4 is 0 Å². The summed E-state index contributed by atoms with van der Waals surface area (Å²) < 4.78 is 40.6. The third kappa shape index (κ3) is 4.84. The van der Waals surface area contributed by atoms with E-state index in [-0.39, 0.29) is 0 Å². The lowest BCUT2D eigenvalue weighted by Gasteiger charge is -2.32. The fourth-order valence-electron chi connectivity index (χ4n) is 3.50. The molecule has 3 rings (SSSR count). The third-order valence-corrected chi connectivity index (χ3v) is 5.07. The van der Waals surface area contributed by atoms with Crippen LogP contribution in [0.25, 0.3) is 0 Å². The third-order valence-electron chi connectivity index (χ3n) is 5.07. The summed E-state index contributed by atoms with van der Waals surface area (Å²) in [6.45, 7) is 5.49. The second-order valence-corrected chi connectivity index (χ2v) is 6.87. The van der Waals surface area contributed by atoms with E-state index in [4.69, 9.17) is 0 Å². The first-order valence-corrected chi connectivity index (χ1v) is 8.78. The molecule has 6 heteroatoms. The molecule has 0 unspecified atom stereocenters. The van der Waals surface area contributed by atoms with Crippen LogP contribution in [-0.2, 0) is 19.3 Å². The number of halogens is 3. The predicted molar refractivity (Wildman–Crippen MR) is 91.0 cm³/mol. The molecule has 0 saturated carbocycles. The molecule has 0 atom stereocenters. The first-order valence-electron chi connectivity index (χ1n) is 8.78. The van der Waals surface area contributed by atoms with Crippen molar-refractivity contribution >= 4 is 0 Å². The van der Waals surface area contributed by atoms with Crippen LogP contribution in [-0.4, -0.2) is 27.5 Å². The predicted octanol–water partition coefficient (Wildman–Crippen LogP) is 4.51. The zero-order valence-corrected chi connectivity index (χ0v) is 14.5. The summed E-state index contributed by atoms with van der Waals surface area (Å²) >= 11 is 0. The van der Waals surface area contributed by atoms with Crippen molar-refractivity contribution in [1.29, 1.82) is 0 Å². The van der Waals surface area contributed by atoms with Crippen molar-refractivity contribution in [3.63, 3.8) is 0 Å². The highest BCUT2D eigenvalue weighted by molar-refractivity contribution is 5.25.